The lowest BCUT2D eigenvalue weighted by Gasteiger charge is -2.38. The van der Waals surface area contributed by atoms with Crippen LogP contribution in [-0.2, 0) is 5.54 Å². The van der Waals surface area contributed by atoms with Gasteiger partial charge in [-0.2, -0.15) is 5.10 Å². The number of rotatable bonds is 3. The van der Waals surface area contributed by atoms with Crippen molar-refractivity contribution in [2.75, 3.05) is 36.4 Å². The molecule has 0 aliphatic carbocycles. The van der Waals surface area contributed by atoms with E-state index in [2.05, 4.69) is 39.1 Å². The van der Waals surface area contributed by atoms with Crippen LogP contribution in [0, 0.1) is 0 Å². The summed E-state index contributed by atoms with van der Waals surface area (Å²) in [5, 5.41) is 8.12. The molecule has 0 saturated carbocycles. The Balaban J connectivity index is 1.35. The predicted octanol–water partition coefficient (Wildman–Crippen LogP) is 2.93. The van der Waals surface area contributed by atoms with Crippen molar-refractivity contribution >= 4 is 17.5 Å². The SMILES string of the molecule is CC1(C)CC(c2ccccn2)Nc2c(C(=O)N3CCN(c4ccccn4)CC3)cnn21. The molecular formula is C23H27N7O. The molecule has 5 rings (SSSR count). The lowest BCUT2D eigenvalue weighted by Crippen LogP contribution is -2.49. The van der Waals surface area contributed by atoms with Gasteiger partial charge in [0.05, 0.1) is 23.5 Å². The second-order valence-electron chi connectivity index (χ2n) is 8.75. The third kappa shape index (κ3) is 3.62. The summed E-state index contributed by atoms with van der Waals surface area (Å²) in [5.41, 5.74) is 1.38. The minimum atomic E-state index is -0.223. The first kappa shape index (κ1) is 19.5. The number of hydrogen-bond donors (Lipinski definition) is 1. The summed E-state index contributed by atoms with van der Waals surface area (Å²) >= 11 is 0. The van der Waals surface area contributed by atoms with Crippen molar-refractivity contribution in [3.8, 4) is 0 Å². The number of nitrogens with one attached hydrogen (secondary N) is 1. The Hall–Kier alpha value is -3.42. The molecule has 0 bridgehead atoms. The molecule has 0 radical (unpaired) electrons. The van der Waals surface area contributed by atoms with Crippen molar-refractivity contribution in [3.63, 3.8) is 0 Å². The maximum atomic E-state index is 13.4. The maximum Gasteiger partial charge on any atom is 0.259 e. The van der Waals surface area contributed by atoms with Gasteiger partial charge in [0, 0.05) is 38.6 Å². The van der Waals surface area contributed by atoms with Crippen LogP contribution in [0.3, 0.4) is 0 Å². The zero-order valence-corrected chi connectivity index (χ0v) is 17.9. The van der Waals surface area contributed by atoms with Crippen molar-refractivity contribution < 1.29 is 4.79 Å². The van der Waals surface area contributed by atoms with E-state index in [9.17, 15) is 4.79 Å². The highest BCUT2D eigenvalue weighted by Gasteiger charge is 2.38. The molecule has 0 spiro atoms. The second-order valence-corrected chi connectivity index (χ2v) is 8.75. The molecule has 1 fully saturated rings. The van der Waals surface area contributed by atoms with Crippen LogP contribution in [0.25, 0.3) is 0 Å². The molecule has 0 aromatic carbocycles. The summed E-state index contributed by atoms with van der Waals surface area (Å²) in [5.74, 6) is 1.76. The number of fused-ring (bicyclic) bond motifs is 1. The molecule has 2 aliphatic heterocycles. The zero-order chi connectivity index (χ0) is 21.4. The molecule has 1 atom stereocenters. The molecule has 1 N–H and O–H groups in total. The summed E-state index contributed by atoms with van der Waals surface area (Å²) in [6, 6.07) is 11.9. The Morgan fingerprint density at radius 2 is 1.77 bits per heavy atom. The zero-order valence-electron chi connectivity index (χ0n) is 17.9. The van der Waals surface area contributed by atoms with Crippen LogP contribution in [0.4, 0.5) is 11.6 Å². The molecule has 1 unspecified atom stereocenters. The molecule has 5 heterocycles. The van der Waals surface area contributed by atoms with Crippen LogP contribution in [0.5, 0.6) is 0 Å². The van der Waals surface area contributed by atoms with E-state index in [0.29, 0.717) is 18.7 Å². The standard InChI is InChI=1S/C23H27N7O/c1-23(2)15-19(18-7-3-5-9-24-18)27-21-17(16-26-30(21)23)22(31)29-13-11-28(12-14-29)20-8-4-6-10-25-20/h3-10,16,19,27H,11-15H2,1-2H3. The van der Waals surface area contributed by atoms with Crippen molar-refractivity contribution in [2.45, 2.75) is 31.8 Å². The van der Waals surface area contributed by atoms with Gasteiger partial charge >= 0.3 is 0 Å². The first-order chi connectivity index (χ1) is 15.0. The van der Waals surface area contributed by atoms with E-state index in [1.54, 1.807) is 12.4 Å². The molecule has 1 saturated heterocycles. The van der Waals surface area contributed by atoms with Crippen LogP contribution < -0.4 is 10.2 Å². The van der Waals surface area contributed by atoms with Crippen LogP contribution >= 0.6 is 0 Å². The lowest BCUT2D eigenvalue weighted by molar-refractivity contribution is 0.0747. The van der Waals surface area contributed by atoms with Gasteiger partial charge in [-0.25, -0.2) is 9.67 Å². The van der Waals surface area contributed by atoms with E-state index in [0.717, 1.165) is 36.8 Å². The lowest BCUT2D eigenvalue weighted by atomic mass is 9.91. The van der Waals surface area contributed by atoms with Gasteiger partial charge in [0.2, 0.25) is 0 Å². The van der Waals surface area contributed by atoms with Crippen molar-refractivity contribution in [3.05, 3.63) is 66.2 Å². The van der Waals surface area contributed by atoms with Gasteiger partial charge < -0.3 is 15.1 Å². The number of carbonyl (C=O) groups is 1. The average Bonchev–Trinajstić information content (AvgIpc) is 3.25. The highest BCUT2D eigenvalue weighted by molar-refractivity contribution is 5.99. The maximum absolute atomic E-state index is 13.4. The number of nitrogens with zero attached hydrogens (tertiary/aromatic N) is 6. The Kier molecular flexibility index (Phi) is 4.84. The molecule has 2 aliphatic rings. The monoisotopic (exact) mass is 417 g/mol. The minimum absolute atomic E-state index is 0.0203. The van der Waals surface area contributed by atoms with E-state index in [4.69, 9.17) is 0 Å². The van der Waals surface area contributed by atoms with E-state index in [1.807, 2.05) is 52.2 Å². The predicted molar refractivity (Wildman–Crippen MR) is 119 cm³/mol. The molecular weight excluding hydrogens is 390 g/mol. The molecule has 8 nitrogen and oxygen atoms in total. The number of hydrogen-bond acceptors (Lipinski definition) is 6. The molecule has 1 amide bonds. The van der Waals surface area contributed by atoms with E-state index < -0.39 is 0 Å². The van der Waals surface area contributed by atoms with Gasteiger partial charge in [-0.1, -0.05) is 12.1 Å². The van der Waals surface area contributed by atoms with Crippen molar-refractivity contribution in [1.29, 1.82) is 0 Å². The number of pyridine rings is 2. The Morgan fingerprint density at radius 3 is 2.45 bits per heavy atom. The number of piperazine rings is 1. The van der Waals surface area contributed by atoms with Crippen LogP contribution in [0.2, 0.25) is 0 Å². The molecule has 3 aromatic heterocycles. The van der Waals surface area contributed by atoms with Gasteiger partial charge in [0.25, 0.3) is 5.91 Å². The fraction of sp³-hybridized carbons (Fsp3) is 0.391. The summed E-state index contributed by atoms with van der Waals surface area (Å²) in [7, 11) is 0. The summed E-state index contributed by atoms with van der Waals surface area (Å²) in [4.78, 5) is 26.5. The van der Waals surface area contributed by atoms with Crippen molar-refractivity contribution in [2.24, 2.45) is 0 Å². The first-order valence-electron chi connectivity index (χ1n) is 10.7. The van der Waals surface area contributed by atoms with E-state index in [-0.39, 0.29) is 17.5 Å². The fourth-order valence-electron chi connectivity index (χ4n) is 4.52. The number of amides is 1. The average molecular weight is 418 g/mol. The van der Waals surface area contributed by atoms with E-state index in [1.165, 1.54) is 0 Å². The molecule has 160 valence electrons. The molecule has 8 heteroatoms. The first-order valence-corrected chi connectivity index (χ1v) is 10.7. The van der Waals surface area contributed by atoms with Crippen molar-refractivity contribution in [1.82, 2.24) is 24.6 Å². The van der Waals surface area contributed by atoms with Gasteiger partial charge in [0.1, 0.15) is 17.2 Å². The third-order valence-corrected chi connectivity index (χ3v) is 6.17. The quantitative estimate of drug-likeness (QED) is 0.706. The topological polar surface area (TPSA) is 79.2 Å². The molecule has 31 heavy (non-hydrogen) atoms. The van der Waals surface area contributed by atoms with Crippen LogP contribution in [0.15, 0.2) is 55.0 Å². The third-order valence-electron chi connectivity index (χ3n) is 6.17. The largest absolute Gasteiger partial charge is 0.361 e. The molecule has 3 aromatic rings. The van der Waals surface area contributed by atoms with E-state index >= 15 is 0 Å². The Bertz CT molecular complexity index is 1060. The minimum Gasteiger partial charge on any atom is -0.361 e. The normalized spacial score (nSPS) is 20.1. The summed E-state index contributed by atoms with van der Waals surface area (Å²) < 4.78 is 1.95. The van der Waals surface area contributed by atoms with Gasteiger partial charge in [-0.15, -0.1) is 0 Å². The van der Waals surface area contributed by atoms with Crippen LogP contribution in [0.1, 0.15) is 42.4 Å². The van der Waals surface area contributed by atoms with Crippen LogP contribution in [-0.4, -0.2) is 56.7 Å². The highest BCUT2D eigenvalue weighted by atomic mass is 16.2. The smallest absolute Gasteiger partial charge is 0.259 e. The Labute approximate surface area is 181 Å². The fourth-order valence-corrected chi connectivity index (χ4v) is 4.52. The number of anilines is 2. The van der Waals surface area contributed by atoms with Gasteiger partial charge in [-0.05, 0) is 44.5 Å². The summed E-state index contributed by atoms with van der Waals surface area (Å²) in [6.45, 7) is 7.16. The van der Waals surface area contributed by atoms with Gasteiger partial charge in [0.15, 0.2) is 0 Å². The summed E-state index contributed by atoms with van der Waals surface area (Å²) in [6.07, 6.45) is 6.16. The second kappa shape index (κ2) is 7.68. The van der Waals surface area contributed by atoms with Gasteiger partial charge in [-0.3, -0.25) is 9.78 Å². The number of aromatic nitrogens is 4. The number of carbonyl (C=O) groups excluding carboxylic acids is 1. The highest BCUT2D eigenvalue weighted by Crippen LogP contribution is 2.39. The Morgan fingerprint density at radius 1 is 1.03 bits per heavy atom.